The fraction of sp³-hybridized carbons (Fsp3) is 0.263. The van der Waals surface area contributed by atoms with E-state index in [1.165, 1.54) is 0 Å². The summed E-state index contributed by atoms with van der Waals surface area (Å²) in [6.07, 6.45) is 0. The largest absolute Gasteiger partial charge is 0.490 e. The van der Waals surface area contributed by atoms with Gasteiger partial charge in [-0.25, -0.2) is 0 Å². The summed E-state index contributed by atoms with van der Waals surface area (Å²) >= 11 is 0. The molecule has 3 heteroatoms. The number of rotatable bonds is 6. The lowest BCUT2D eigenvalue weighted by molar-refractivity contribution is 0.261. The number of benzene rings is 2. The summed E-state index contributed by atoms with van der Waals surface area (Å²) in [6.45, 7) is 4.64. The minimum Gasteiger partial charge on any atom is -0.490 e. The Hall–Kier alpha value is -2.42. The first-order valence-electron chi connectivity index (χ1n) is 7.46. The van der Waals surface area contributed by atoms with Crippen molar-refractivity contribution in [1.82, 2.24) is 4.90 Å². The Morgan fingerprint density at radius 3 is 2.09 bits per heavy atom. The predicted molar refractivity (Wildman–Crippen MR) is 91.0 cm³/mol. The second-order valence-corrected chi connectivity index (χ2v) is 5.17. The molecular formula is C19H23NO2. The predicted octanol–water partition coefficient (Wildman–Crippen LogP) is 4.41. The highest BCUT2D eigenvalue weighted by Crippen LogP contribution is 2.30. The summed E-state index contributed by atoms with van der Waals surface area (Å²) in [5, 5.41) is 0. The maximum Gasteiger partial charge on any atom is 0.199 e. The van der Waals surface area contributed by atoms with Gasteiger partial charge < -0.3 is 14.4 Å². The second kappa shape index (κ2) is 7.55. The summed E-state index contributed by atoms with van der Waals surface area (Å²) in [4.78, 5) is 1.98. The maximum absolute atomic E-state index is 6.16. The molecule has 0 amide bonds. The van der Waals surface area contributed by atoms with Gasteiger partial charge in [0.25, 0.3) is 0 Å². The average molecular weight is 297 g/mol. The van der Waals surface area contributed by atoms with Crippen LogP contribution >= 0.6 is 0 Å². The van der Waals surface area contributed by atoms with Gasteiger partial charge in [0, 0.05) is 19.7 Å². The van der Waals surface area contributed by atoms with Crippen molar-refractivity contribution in [3.05, 3.63) is 66.0 Å². The van der Waals surface area contributed by atoms with E-state index < -0.39 is 0 Å². The zero-order valence-electron chi connectivity index (χ0n) is 13.7. The number of hydrogen-bond acceptors (Lipinski definition) is 3. The summed E-state index contributed by atoms with van der Waals surface area (Å²) in [7, 11) is 3.95. The van der Waals surface area contributed by atoms with E-state index >= 15 is 0 Å². The molecule has 0 saturated heterocycles. The second-order valence-electron chi connectivity index (χ2n) is 5.17. The van der Waals surface area contributed by atoms with Crippen LogP contribution in [0.15, 0.2) is 60.5 Å². The van der Waals surface area contributed by atoms with Gasteiger partial charge in [-0.3, -0.25) is 0 Å². The van der Waals surface area contributed by atoms with Gasteiger partial charge in [0.1, 0.15) is 0 Å². The quantitative estimate of drug-likeness (QED) is 0.737. The lowest BCUT2D eigenvalue weighted by atomic mass is 10.1. The van der Waals surface area contributed by atoms with Crippen LogP contribution in [0.3, 0.4) is 0 Å². The van der Waals surface area contributed by atoms with Gasteiger partial charge in [-0.1, -0.05) is 42.5 Å². The van der Waals surface area contributed by atoms with Gasteiger partial charge in [-0.05, 0) is 31.5 Å². The molecule has 22 heavy (non-hydrogen) atoms. The summed E-state index contributed by atoms with van der Waals surface area (Å²) in [5.74, 6) is 2.28. The first-order chi connectivity index (χ1) is 10.6. The summed E-state index contributed by atoms with van der Waals surface area (Å²) in [5.41, 5.74) is 2.22. The highest BCUT2D eigenvalue weighted by molar-refractivity contribution is 5.65. The lowest BCUT2D eigenvalue weighted by Gasteiger charge is -2.22. The van der Waals surface area contributed by atoms with Crippen LogP contribution in [-0.4, -0.2) is 25.6 Å². The summed E-state index contributed by atoms with van der Waals surface area (Å²) in [6, 6.07) is 18.0. The molecule has 0 aromatic heterocycles. The monoisotopic (exact) mass is 297 g/mol. The molecule has 0 spiro atoms. The molecule has 2 rings (SSSR count). The van der Waals surface area contributed by atoms with E-state index in [2.05, 4.69) is 19.1 Å². The van der Waals surface area contributed by atoms with Gasteiger partial charge in [-0.2, -0.15) is 0 Å². The van der Waals surface area contributed by atoms with Crippen molar-refractivity contribution in [2.24, 2.45) is 0 Å². The lowest BCUT2D eigenvalue weighted by Crippen LogP contribution is -2.18. The molecule has 0 unspecified atom stereocenters. The maximum atomic E-state index is 6.16. The molecule has 2 aromatic carbocycles. The smallest absolute Gasteiger partial charge is 0.199 e. The van der Waals surface area contributed by atoms with E-state index in [-0.39, 0.29) is 0 Å². The van der Waals surface area contributed by atoms with Crippen LogP contribution in [0.1, 0.15) is 19.4 Å². The van der Waals surface area contributed by atoms with Gasteiger partial charge >= 0.3 is 0 Å². The molecule has 0 aliphatic heterocycles. The van der Waals surface area contributed by atoms with Crippen LogP contribution in [-0.2, 0) is 0 Å². The fourth-order valence-corrected chi connectivity index (χ4v) is 2.23. The van der Waals surface area contributed by atoms with E-state index in [9.17, 15) is 0 Å². The Bertz CT molecular complexity index is 633. The fourth-order valence-electron chi connectivity index (χ4n) is 2.23. The highest BCUT2D eigenvalue weighted by atomic mass is 16.5. The van der Waals surface area contributed by atoms with E-state index in [4.69, 9.17) is 9.47 Å². The third-order valence-electron chi connectivity index (χ3n) is 3.29. The molecule has 0 aliphatic rings. The topological polar surface area (TPSA) is 21.7 Å². The molecule has 0 saturated carbocycles. The zero-order chi connectivity index (χ0) is 15.9. The SMILES string of the molecule is CCOc1ccccc1OC(=C(C)c1ccccc1)N(C)C. The van der Waals surface area contributed by atoms with E-state index in [1.807, 2.05) is 68.4 Å². The number of para-hydroxylation sites is 2. The number of allylic oxidation sites excluding steroid dienone is 1. The third kappa shape index (κ3) is 3.82. The highest BCUT2D eigenvalue weighted by Gasteiger charge is 2.13. The van der Waals surface area contributed by atoms with E-state index in [0.717, 1.165) is 28.5 Å². The van der Waals surface area contributed by atoms with Gasteiger partial charge in [0.2, 0.25) is 0 Å². The van der Waals surface area contributed by atoms with Crippen LogP contribution in [0.5, 0.6) is 11.5 Å². The molecule has 0 heterocycles. The van der Waals surface area contributed by atoms with Crippen molar-refractivity contribution in [3.63, 3.8) is 0 Å². The molecule has 0 atom stereocenters. The van der Waals surface area contributed by atoms with Crippen LogP contribution < -0.4 is 9.47 Å². The van der Waals surface area contributed by atoms with Gasteiger partial charge in [0.05, 0.1) is 6.61 Å². The van der Waals surface area contributed by atoms with Crippen molar-refractivity contribution in [3.8, 4) is 11.5 Å². The summed E-state index contributed by atoms with van der Waals surface area (Å²) < 4.78 is 11.8. The number of hydrogen-bond donors (Lipinski definition) is 0. The minimum atomic E-state index is 0.610. The molecule has 3 nitrogen and oxygen atoms in total. The standard InChI is InChI=1S/C19H23NO2/c1-5-21-17-13-9-10-14-18(17)22-19(20(3)4)15(2)16-11-7-6-8-12-16/h6-14H,5H2,1-4H3. The van der Waals surface area contributed by atoms with E-state index in [0.29, 0.717) is 6.61 Å². The van der Waals surface area contributed by atoms with Crippen molar-refractivity contribution >= 4 is 5.57 Å². The van der Waals surface area contributed by atoms with Crippen LogP contribution in [0, 0.1) is 0 Å². The Labute approximate surface area is 132 Å². The van der Waals surface area contributed by atoms with Crippen LogP contribution in [0.25, 0.3) is 5.57 Å². The normalized spacial score (nSPS) is 11.6. The van der Waals surface area contributed by atoms with Crippen molar-refractivity contribution in [1.29, 1.82) is 0 Å². The van der Waals surface area contributed by atoms with Crippen LogP contribution in [0.4, 0.5) is 0 Å². The van der Waals surface area contributed by atoms with Crippen LogP contribution in [0.2, 0.25) is 0 Å². The van der Waals surface area contributed by atoms with Crippen molar-refractivity contribution in [2.75, 3.05) is 20.7 Å². The number of nitrogens with zero attached hydrogens (tertiary/aromatic N) is 1. The number of ether oxygens (including phenoxy) is 2. The molecule has 0 aliphatic carbocycles. The Morgan fingerprint density at radius 2 is 1.50 bits per heavy atom. The molecular weight excluding hydrogens is 274 g/mol. The molecule has 0 fully saturated rings. The molecule has 0 bridgehead atoms. The van der Waals surface area contributed by atoms with Crippen molar-refractivity contribution < 1.29 is 9.47 Å². The van der Waals surface area contributed by atoms with E-state index in [1.54, 1.807) is 0 Å². The zero-order valence-corrected chi connectivity index (χ0v) is 13.7. The average Bonchev–Trinajstić information content (AvgIpc) is 2.54. The third-order valence-corrected chi connectivity index (χ3v) is 3.29. The van der Waals surface area contributed by atoms with Gasteiger partial charge in [0.15, 0.2) is 17.4 Å². The molecule has 2 aromatic rings. The molecule has 0 N–H and O–H groups in total. The first kappa shape index (κ1) is 16.0. The molecule has 116 valence electrons. The Balaban J connectivity index is 2.38. The van der Waals surface area contributed by atoms with Gasteiger partial charge in [-0.15, -0.1) is 0 Å². The van der Waals surface area contributed by atoms with Crippen molar-refractivity contribution in [2.45, 2.75) is 13.8 Å². The minimum absolute atomic E-state index is 0.610. The Morgan fingerprint density at radius 1 is 0.909 bits per heavy atom. The first-order valence-corrected chi connectivity index (χ1v) is 7.46. The Kier molecular flexibility index (Phi) is 5.48. The molecule has 0 radical (unpaired) electrons.